The molecule has 2 aromatic carbocycles. The molecular weight excluding hydrogens is 338 g/mol. The van der Waals surface area contributed by atoms with Crippen LogP contribution in [0.15, 0.2) is 42.5 Å². The zero-order valence-corrected chi connectivity index (χ0v) is 16.1. The summed E-state index contributed by atoms with van der Waals surface area (Å²) >= 11 is 0. The van der Waals surface area contributed by atoms with Crippen LogP contribution in [-0.2, 0) is 0 Å². The zero-order valence-electron chi connectivity index (χ0n) is 16.1. The summed E-state index contributed by atoms with van der Waals surface area (Å²) in [7, 11) is 0. The van der Waals surface area contributed by atoms with Gasteiger partial charge in [-0.3, -0.25) is 9.59 Å². The number of rotatable bonds is 5. The molecule has 0 atom stereocenters. The lowest BCUT2D eigenvalue weighted by Gasteiger charge is -2.10. The molecule has 27 heavy (non-hydrogen) atoms. The summed E-state index contributed by atoms with van der Waals surface area (Å²) in [6.45, 7) is 8.57. The van der Waals surface area contributed by atoms with E-state index in [1.54, 1.807) is 6.07 Å². The number of aromatic nitrogens is 1. The predicted octanol–water partition coefficient (Wildman–Crippen LogP) is 4.42. The highest BCUT2D eigenvalue weighted by molar-refractivity contribution is 6.15. The van der Waals surface area contributed by atoms with Crippen molar-refractivity contribution in [2.24, 2.45) is 5.92 Å². The fraction of sp³-hybridized carbons (Fsp3) is 0.273. The van der Waals surface area contributed by atoms with Gasteiger partial charge in [0.25, 0.3) is 11.8 Å². The van der Waals surface area contributed by atoms with Gasteiger partial charge in [-0.1, -0.05) is 43.2 Å². The Kier molecular flexibility index (Phi) is 5.31. The van der Waals surface area contributed by atoms with Crippen LogP contribution in [-0.4, -0.2) is 23.3 Å². The van der Waals surface area contributed by atoms with E-state index in [9.17, 15) is 9.59 Å². The molecule has 140 valence electrons. The highest BCUT2D eigenvalue weighted by atomic mass is 16.2. The van der Waals surface area contributed by atoms with Crippen molar-refractivity contribution in [2.75, 3.05) is 11.9 Å². The molecule has 2 amide bonds. The number of nitrogens with one attached hydrogen (secondary N) is 3. The van der Waals surface area contributed by atoms with Crippen molar-refractivity contribution in [3.8, 4) is 0 Å². The SMILES string of the molecule is Cc1cccc(C(=O)Nc2c(C(=O)NCC(C)C)[nH]c3ccc(C)cc23)c1. The standard InChI is InChI=1S/C22H25N3O2/c1-13(2)12-23-22(27)20-19(17-11-15(4)8-9-18(17)24-20)25-21(26)16-7-5-6-14(3)10-16/h5-11,13,24H,12H2,1-4H3,(H,23,27)(H,25,26). The summed E-state index contributed by atoms with van der Waals surface area (Å²) in [5, 5.41) is 6.68. The fourth-order valence-electron chi connectivity index (χ4n) is 2.96. The Labute approximate surface area is 159 Å². The number of carbonyl (C=O) groups excluding carboxylic acids is 2. The Morgan fingerprint density at radius 1 is 1.00 bits per heavy atom. The monoisotopic (exact) mass is 363 g/mol. The first kappa shape index (κ1) is 18.7. The number of aryl methyl sites for hydroxylation is 2. The molecular formula is C22H25N3O2. The average molecular weight is 363 g/mol. The van der Waals surface area contributed by atoms with E-state index in [1.807, 2.05) is 64.1 Å². The number of amides is 2. The van der Waals surface area contributed by atoms with E-state index < -0.39 is 0 Å². The number of H-pyrrole nitrogens is 1. The van der Waals surface area contributed by atoms with Crippen LogP contribution in [0.5, 0.6) is 0 Å². The summed E-state index contributed by atoms with van der Waals surface area (Å²) < 4.78 is 0. The van der Waals surface area contributed by atoms with Gasteiger partial charge in [0.1, 0.15) is 5.69 Å². The van der Waals surface area contributed by atoms with Crippen LogP contribution < -0.4 is 10.6 Å². The second-order valence-electron chi connectivity index (χ2n) is 7.35. The Morgan fingerprint density at radius 2 is 1.74 bits per heavy atom. The van der Waals surface area contributed by atoms with Gasteiger partial charge in [0.05, 0.1) is 5.69 Å². The van der Waals surface area contributed by atoms with Crippen molar-refractivity contribution < 1.29 is 9.59 Å². The van der Waals surface area contributed by atoms with E-state index in [-0.39, 0.29) is 11.8 Å². The molecule has 3 rings (SSSR count). The lowest BCUT2D eigenvalue weighted by molar-refractivity contribution is 0.0945. The smallest absolute Gasteiger partial charge is 0.269 e. The second kappa shape index (κ2) is 7.66. The van der Waals surface area contributed by atoms with Crippen molar-refractivity contribution in [1.82, 2.24) is 10.3 Å². The van der Waals surface area contributed by atoms with Gasteiger partial charge in [-0.05, 0) is 44.0 Å². The molecule has 0 unspecified atom stereocenters. The Hall–Kier alpha value is -3.08. The minimum absolute atomic E-state index is 0.225. The molecule has 5 nitrogen and oxygen atoms in total. The molecule has 0 aliphatic carbocycles. The van der Waals surface area contributed by atoms with Gasteiger partial charge in [0, 0.05) is 23.0 Å². The molecule has 5 heteroatoms. The predicted molar refractivity (Wildman–Crippen MR) is 109 cm³/mol. The van der Waals surface area contributed by atoms with Gasteiger partial charge in [-0.2, -0.15) is 0 Å². The summed E-state index contributed by atoms with van der Waals surface area (Å²) in [5.74, 6) is -0.123. The van der Waals surface area contributed by atoms with E-state index in [1.165, 1.54) is 0 Å². The molecule has 1 aromatic heterocycles. The lowest BCUT2D eigenvalue weighted by Crippen LogP contribution is -2.28. The number of aromatic amines is 1. The van der Waals surface area contributed by atoms with Crippen LogP contribution in [0.1, 0.15) is 45.8 Å². The third-order valence-corrected chi connectivity index (χ3v) is 4.37. The first-order valence-corrected chi connectivity index (χ1v) is 9.13. The summed E-state index contributed by atoms with van der Waals surface area (Å²) in [4.78, 5) is 28.6. The highest BCUT2D eigenvalue weighted by Gasteiger charge is 2.20. The number of carbonyl (C=O) groups is 2. The van der Waals surface area contributed by atoms with Crippen LogP contribution in [0.3, 0.4) is 0 Å². The van der Waals surface area contributed by atoms with Crippen molar-refractivity contribution in [2.45, 2.75) is 27.7 Å². The lowest BCUT2D eigenvalue weighted by atomic mass is 10.1. The summed E-state index contributed by atoms with van der Waals surface area (Å²) in [6.07, 6.45) is 0. The summed E-state index contributed by atoms with van der Waals surface area (Å²) in [6, 6.07) is 13.2. The van der Waals surface area contributed by atoms with Crippen molar-refractivity contribution in [3.63, 3.8) is 0 Å². The van der Waals surface area contributed by atoms with E-state index in [0.717, 1.165) is 22.0 Å². The number of hydrogen-bond acceptors (Lipinski definition) is 2. The maximum absolute atomic E-state index is 12.8. The molecule has 0 fully saturated rings. The Morgan fingerprint density at radius 3 is 2.44 bits per heavy atom. The van der Waals surface area contributed by atoms with E-state index in [4.69, 9.17) is 0 Å². The Balaban J connectivity index is 2.00. The minimum Gasteiger partial charge on any atom is -0.350 e. The van der Waals surface area contributed by atoms with Gasteiger partial charge in [-0.15, -0.1) is 0 Å². The molecule has 0 bridgehead atoms. The molecule has 0 saturated carbocycles. The van der Waals surface area contributed by atoms with E-state index in [0.29, 0.717) is 29.4 Å². The number of benzene rings is 2. The number of hydrogen-bond donors (Lipinski definition) is 3. The van der Waals surface area contributed by atoms with Crippen molar-refractivity contribution in [3.05, 3.63) is 64.8 Å². The molecule has 0 aliphatic heterocycles. The van der Waals surface area contributed by atoms with Crippen LogP contribution in [0, 0.1) is 19.8 Å². The molecule has 3 aromatic rings. The van der Waals surface area contributed by atoms with Crippen LogP contribution in [0.25, 0.3) is 10.9 Å². The topological polar surface area (TPSA) is 74.0 Å². The van der Waals surface area contributed by atoms with Crippen LogP contribution in [0.4, 0.5) is 5.69 Å². The highest BCUT2D eigenvalue weighted by Crippen LogP contribution is 2.29. The minimum atomic E-state index is -0.237. The number of anilines is 1. The van der Waals surface area contributed by atoms with E-state index in [2.05, 4.69) is 15.6 Å². The quantitative estimate of drug-likeness (QED) is 0.628. The fourth-order valence-corrected chi connectivity index (χ4v) is 2.96. The zero-order chi connectivity index (χ0) is 19.6. The van der Waals surface area contributed by atoms with Gasteiger partial charge in [0.15, 0.2) is 0 Å². The van der Waals surface area contributed by atoms with Gasteiger partial charge < -0.3 is 15.6 Å². The largest absolute Gasteiger partial charge is 0.350 e. The first-order valence-electron chi connectivity index (χ1n) is 9.13. The number of fused-ring (bicyclic) bond motifs is 1. The third-order valence-electron chi connectivity index (χ3n) is 4.37. The average Bonchev–Trinajstić information content (AvgIpc) is 2.97. The molecule has 0 aliphatic rings. The normalized spacial score (nSPS) is 11.0. The maximum Gasteiger partial charge on any atom is 0.269 e. The molecule has 3 N–H and O–H groups in total. The van der Waals surface area contributed by atoms with Crippen LogP contribution in [0.2, 0.25) is 0 Å². The molecule has 0 radical (unpaired) electrons. The third kappa shape index (κ3) is 4.19. The van der Waals surface area contributed by atoms with Crippen LogP contribution >= 0.6 is 0 Å². The van der Waals surface area contributed by atoms with Crippen molar-refractivity contribution in [1.29, 1.82) is 0 Å². The van der Waals surface area contributed by atoms with E-state index >= 15 is 0 Å². The van der Waals surface area contributed by atoms with Crippen molar-refractivity contribution >= 4 is 28.4 Å². The molecule has 0 spiro atoms. The van der Waals surface area contributed by atoms with Gasteiger partial charge in [0.2, 0.25) is 0 Å². The van der Waals surface area contributed by atoms with Gasteiger partial charge >= 0.3 is 0 Å². The summed E-state index contributed by atoms with van der Waals surface area (Å²) in [5.41, 5.74) is 4.33. The Bertz CT molecular complexity index is 1000. The maximum atomic E-state index is 12.8. The molecule has 1 heterocycles. The van der Waals surface area contributed by atoms with Gasteiger partial charge in [-0.25, -0.2) is 0 Å². The second-order valence-corrected chi connectivity index (χ2v) is 7.35. The first-order chi connectivity index (χ1) is 12.8. The molecule has 0 saturated heterocycles.